The Morgan fingerprint density at radius 3 is 2.78 bits per heavy atom. The average molecular weight is 346 g/mol. The van der Waals surface area contributed by atoms with E-state index in [1.54, 1.807) is 27.6 Å². The Morgan fingerprint density at radius 2 is 2.13 bits per heavy atom. The van der Waals surface area contributed by atoms with Crippen LogP contribution in [-0.4, -0.2) is 22.8 Å². The van der Waals surface area contributed by atoms with Gasteiger partial charge in [-0.3, -0.25) is 4.79 Å². The molecule has 4 nitrogen and oxygen atoms in total. The minimum Gasteiger partial charge on any atom is -0.441 e. The fourth-order valence-corrected chi connectivity index (χ4v) is 3.85. The van der Waals surface area contributed by atoms with Gasteiger partial charge >= 0.3 is 0 Å². The number of carbonyl (C=O) groups excluding carboxylic acids is 1. The predicted octanol–water partition coefficient (Wildman–Crippen LogP) is 4.28. The molecule has 0 aliphatic heterocycles. The van der Waals surface area contributed by atoms with Gasteiger partial charge in [0.05, 0.1) is 18.7 Å². The van der Waals surface area contributed by atoms with E-state index in [0.717, 1.165) is 5.56 Å². The zero-order valence-corrected chi connectivity index (χ0v) is 15.0. The molecular formula is C17H18N2O2S2. The first-order chi connectivity index (χ1) is 11.0. The van der Waals surface area contributed by atoms with Crippen molar-refractivity contribution in [3.63, 3.8) is 0 Å². The summed E-state index contributed by atoms with van der Waals surface area (Å²) in [5, 5.41) is 3.97. The lowest BCUT2D eigenvalue weighted by molar-refractivity contribution is -0.129. The van der Waals surface area contributed by atoms with Crippen LogP contribution in [0.4, 0.5) is 0 Å². The van der Waals surface area contributed by atoms with E-state index in [9.17, 15) is 4.79 Å². The van der Waals surface area contributed by atoms with Crippen molar-refractivity contribution < 1.29 is 9.21 Å². The summed E-state index contributed by atoms with van der Waals surface area (Å²) in [6.45, 7) is 4.56. The summed E-state index contributed by atoms with van der Waals surface area (Å²) in [5.41, 5.74) is 1.67. The highest BCUT2D eigenvalue weighted by atomic mass is 32.1. The number of likely N-dealkylation sites (N-methyl/N-ethyl adjacent to an activating group) is 1. The molecule has 6 heteroatoms. The third-order valence-corrected chi connectivity index (χ3v) is 5.26. The lowest BCUT2D eigenvalue weighted by Crippen LogP contribution is -2.27. The van der Waals surface area contributed by atoms with Gasteiger partial charge in [-0.2, -0.15) is 11.3 Å². The quantitative estimate of drug-likeness (QED) is 0.692. The lowest BCUT2D eigenvalue weighted by atomic mass is 10.2. The van der Waals surface area contributed by atoms with Gasteiger partial charge < -0.3 is 9.32 Å². The van der Waals surface area contributed by atoms with Crippen molar-refractivity contribution in [1.29, 1.82) is 0 Å². The largest absolute Gasteiger partial charge is 0.441 e. The van der Waals surface area contributed by atoms with Crippen LogP contribution in [0.3, 0.4) is 0 Å². The average Bonchev–Trinajstić information content (AvgIpc) is 3.22. The Balaban J connectivity index is 1.67. The molecule has 0 saturated carbocycles. The molecule has 0 N–H and O–H groups in total. The number of oxazole rings is 1. The maximum atomic E-state index is 12.4. The number of amides is 1. The number of rotatable bonds is 5. The maximum Gasteiger partial charge on any atom is 0.228 e. The van der Waals surface area contributed by atoms with Crippen LogP contribution in [0.1, 0.15) is 21.2 Å². The van der Waals surface area contributed by atoms with Crippen molar-refractivity contribution in [2.45, 2.75) is 26.8 Å². The van der Waals surface area contributed by atoms with E-state index in [1.165, 1.54) is 9.75 Å². The molecule has 0 radical (unpaired) electrons. The molecule has 0 aromatic carbocycles. The molecule has 3 heterocycles. The van der Waals surface area contributed by atoms with E-state index in [0.29, 0.717) is 23.9 Å². The minimum atomic E-state index is 0.0457. The number of nitrogens with zero attached hydrogens (tertiary/aromatic N) is 2. The van der Waals surface area contributed by atoms with Crippen LogP contribution in [0, 0.1) is 13.8 Å². The second-order valence-corrected chi connectivity index (χ2v) is 7.63. The van der Waals surface area contributed by atoms with E-state index in [1.807, 2.05) is 30.8 Å². The number of aromatic nitrogens is 1. The third-order valence-electron chi connectivity index (χ3n) is 3.59. The summed E-state index contributed by atoms with van der Waals surface area (Å²) in [4.78, 5) is 21.1. The summed E-state index contributed by atoms with van der Waals surface area (Å²) in [6.07, 6.45) is 0.264. The zero-order valence-electron chi connectivity index (χ0n) is 13.3. The summed E-state index contributed by atoms with van der Waals surface area (Å²) in [7, 11) is 1.83. The summed E-state index contributed by atoms with van der Waals surface area (Å²) >= 11 is 3.32. The Bertz CT molecular complexity index is 803. The first-order valence-electron chi connectivity index (χ1n) is 7.31. The van der Waals surface area contributed by atoms with Crippen LogP contribution in [0.2, 0.25) is 0 Å². The fraction of sp³-hybridized carbons (Fsp3) is 0.294. The summed E-state index contributed by atoms with van der Waals surface area (Å²) in [6, 6.07) is 6.11. The molecule has 120 valence electrons. The van der Waals surface area contributed by atoms with E-state index in [-0.39, 0.29) is 12.3 Å². The smallest absolute Gasteiger partial charge is 0.228 e. The van der Waals surface area contributed by atoms with E-state index in [2.05, 4.69) is 24.0 Å². The first-order valence-corrected chi connectivity index (χ1v) is 9.07. The predicted molar refractivity (Wildman–Crippen MR) is 93.8 cm³/mol. The first kappa shape index (κ1) is 16.0. The van der Waals surface area contributed by atoms with Gasteiger partial charge in [0.25, 0.3) is 0 Å². The SMILES string of the molecule is Cc1ccc(CN(C)C(=O)Cc2nc(-c3ccsc3)oc2C)s1. The highest BCUT2D eigenvalue weighted by Gasteiger charge is 2.17. The third kappa shape index (κ3) is 3.71. The van der Waals surface area contributed by atoms with Crippen LogP contribution < -0.4 is 0 Å². The van der Waals surface area contributed by atoms with Gasteiger partial charge in [-0.25, -0.2) is 4.98 Å². The molecule has 1 amide bonds. The highest BCUT2D eigenvalue weighted by Crippen LogP contribution is 2.24. The Kier molecular flexibility index (Phi) is 4.63. The van der Waals surface area contributed by atoms with Gasteiger partial charge in [0.15, 0.2) is 0 Å². The van der Waals surface area contributed by atoms with Gasteiger partial charge in [0, 0.05) is 27.7 Å². The van der Waals surface area contributed by atoms with Crippen molar-refractivity contribution in [3.05, 3.63) is 50.2 Å². The zero-order chi connectivity index (χ0) is 16.4. The standard InChI is InChI=1S/C17H18N2O2S2/c1-11-4-5-14(23-11)9-19(3)16(20)8-15-12(2)21-17(18-15)13-6-7-22-10-13/h4-7,10H,8-9H2,1-3H3. The van der Waals surface area contributed by atoms with Crippen LogP contribution in [0.5, 0.6) is 0 Å². The van der Waals surface area contributed by atoms with Crippen LogP contribution in [0.25, 0.3) is 11.5 Å². The van der Waals surface area contributed by atoms with Gasteiger partial charge in [-0.1, -0.05) is 0 Å². The lowest BCUT2D eigenvalue weighted by Gasteiger charge is -2.15. The molecule has 0 fully saturated rings. The van der Waals surface area contributed by atoms with Gasteiger partial charge in [0.1, 0.15) is 5.76 Å². The summed E-state index contributed by atoms with van der Waals surface area (Å²) < 4.78 is 5.69. The second-order valence-electron chi connectivity index (χ2n) is 5.47. The van der Waals surface area contributed by atoms with Crippen molar-refractivity contribution in [1.82, 2.24) is 9.88 Å². The maximum absolute atomic E-state index is 12.4. The molecule has 3 rings (SSSR count). The molecule has 23 heavy (non-hydrogen) atoms. The van der Waals surface area contributed by atoms with Crippen LogP contribution in [0.15, 0.2) is 33.4 Å². The Hall–Kier alpha value is -1.92. The molecular weight excluding hydrogens is 328 g/mol. The molecule has 0 aliphatic rings. The number of carbonyl (C=O) groups is 1. The Labute approximate surface area is 143 Å². The molecule has 0 atom stereocenters. The van der Waals surface area contributed by atoms with Gasteiger partial charge in [-0.15, -0.1) is 11.3 Å². The molecule has 0 saturated heterocycles. The molecule has 0 unspecified atom stereocenters. The van der Waals surface area contributed by atoms with Crippen molar-refractivity contribution >= 4 is 28.6 Å². The van der Waals surface area contributed by atoms with Crippen molar-refractivity contribution in [2.24, 2.45) is 0 Å². The molecule has 3 aromatic rings. The molecule has 0 aliphatic carbocycles. The minimum absolute atomic E-state index is 0.0457. The van der Waals surface area contributed by atoms with Crippen molar-refractivity contribution in [2.75, 3.05) is 7.05 Å². The van der Waals surface area contributed by atoms with E-state index < -0.39 is 0 Å². The molecule has 0 bridgehead atoms. The normalized spacial score (nSPS) is 10.9. The number of hydrogen-bond acceptors (Lipinski definition) is 5. The van der Waals surface area contributed by atoms with E-state index in [4.69, 9.17) is 4.42 Å². The Morgan fingerprint density at radius 1 is 1.30 bits per heavy atom. The fourth-order valence-electron chi connectivity index (χ4n) is 2.27. The number of aryl methyl sites for hydroxylation is 2. The van der Waals surface area contributed by atoms with Gasteiger partial charge in [0.2, 0.25) is 11.8 Å². The van der Waals surface area contributed by atoms with E-state index >= 15 is 0 Å². The number of thiophene rings is 2. The molecule has 3 aromatic heterocycles. The van der Waals surface area contributed by atoms with Crippen molar-refractivity contribution in [3.8, 4) is 11.5 Å². The van der Waals surface area contributed by atoms with Crippen LogP contribution in [-0.2, 0) is 17.8 Å². The molecule has 0 spiro atoms. The number of hydrogen-bond donors (Lipinski definition) is 0. The van der Waals surface area contributed by atoms with Gasteiger partial charge in [-0.05, 0) is 37.4 Å². The highest BCUT2D eigenvalue weighted by molar-refractivity contribution is 7.11. The summed E-state index contributed by atoms with van der Waals surface area (Å²) in [5.74, 6) is 1.34. The van der Waals surface area contributed by atoms with Crippen LogP contribution >= 0.6 is 22.7 Å². The monoisotopic (exact) mass is 346 g/mol. The second kappa shape index (κ2) is 6.68. The topological polar surface area (TPSA) is 46.3 Å².